The lowest BCUT2D eigenvalue weighted by Crippen LogP contribution is -2.59. The van der Waals surface area contributed by atoms with Crippen LogP contribution >= 0.6 is 0 Å². The SMILES string of the molecule is CN(c1ccccc1N1CCCCC1)C12CC3CC(CC(C3)C1)C2. The smallest absolute Gasteiger partial charge is 0.0606 e. The highest BCUT2D eigenvalue weighted by atomic mass is 15.2. The van der Waals surface area contributed by atoms with Crippen LogP contribution in [0.5, 0.6) is 0 Å². The number of anilines is 2. The van der Waals surface area contributed by atoms with Crippen LogP contribution in [-0.4, -0.2) is 25.7 Å². The highest BCUT2D eigenvalue weighted by Crippen LogP contribution is 2.58. The fourth-order valence-corrected chi connectivity index (χ4v) is 6.88. The van der Waals surface area contributed by atoms with E-state index in [0.29, 0.717) is 5.54 Å². The molecule has 1 aromatic carbocycles. The zero-order valence-electron chi connectivity index (χ0n) is 15.2. The number of rotatable bonds is 3. The predicted molar refractivity (Wildman–Crippen MR) is 102 cm³/mol. The van der Waals surface area contributed by atoms with E-state index in [2.05, 4.69) is 41.1 Å². The van der Waals surface area contributed by atoms with Crippen LogP contribution in [0.3, 0.4) is 0 Å². The van der Waals surface area contributed by atoms with Crippen molar-refractivity contribution in [3.05, 3.63) is 24.3 Å². The molecule has 0 N–H and O–H groups in total. The van der Waals surface area contributed by atoms with Gasteiger partial charge >= 0.3 is 0 Å². The van der Waals surface area contributed by atoms with Gasteiger partial charge in [0.2, 0.25) is 0 Å². The first-order valence-corrected chi connectivity index (χ1v) is 10.3. The fourth-order valence-electron chi connectivity index (χ4n) is 6.88. The minimum atomic E-state index is 0.459. The van der Waals surface area contributed by atoms with Crippen LogP contribution in [0.25, 0.3) is 0 Å². The van der Waals surface area contributed by atoms with E-state index < -0.39 is 0 Å². The Morgan fingerprint density at radius 3 is 2.08 bits per heavy atom. The number of piperidine rings is 1. The Labute approximate surface area is 147 Å². The molecule has 4 aliphatic carbocycles. The molecule has 1 saturated heterocycles. The Kier molecular flexibility index (Phi) is 3.57. The molecular formula is C22H32N2. The van der Waals surface area contributed by atoms with Crippen LogP contribution in [-0.2, 0) is 0 Å². The largest absolute Gasteiger partial charge is 0.370 e. The van der Waals surface area contributed by atoms with Gasteiger partial charge in [-0.2, -0.15) is 0 Å². The molecule has 2 nitrogen and oxygen atoms in total. The van der Waals surface area contributed by atoms with Crippen molar-refractivity contribution in [3.8, 4) is 0 Å². The lowest BCUT2D eigenvalue weighted by molar-refractivity contribution is -0.00197. The molecule has 4 saturated carbocycles. The van der Waals surface area contributed by atoms with Gasteiger partial charge < -0.3 is 9.80 Å². The first-order valence-electron chi connectivity index (χ1n) is 10.3. The first kappa shape index (κ1) is 15.1. The van der Waals surface area contributed by atoms with Gasteiger partial charge in [0, 0.05) is 25.7 Å². The van der Waals surface area contributed by atoms with E-state index in [-0.39, 0.29) is 0 Å². The summed E-state index contributed by atoms with van der Waals surface area (Å²) in [6.07, 6.45) is 13.0. The van der Waals surface area contributed by atoms with E-state index >= 15 is 0 Å². The van der Waals surface area contributed by atoms with Gasteiger partial charge in [-0.05, 0) is 87.7 Å². The van der Waals surface area contributed by atoms with Crippen molar-refractivity contribution in [1.29, 1.82) is 0 Å². The van der Waals surface area contributed by atoms with Gasteiger partial charge in [-0.25, -0.2) is 0 Å². The number of hydrogen-bond donors (Lipinski definition) is 0. The fraction of sp³-hybridized carbons (Fsp3) is 0.727. The molecule has 5 fully saturated rings. The van der Waals surface area contributed by atoms with E-state index in [0.717, 1.165) is 17.8 Å². The molecule has 24 heavy (non-hydrogen) atoms. The van der Waals surface area contributed by atoms with Crippen LogP contribution in [0.1, 0.15) is 57.8 Å². The van der Waals surface area contributed by atoms with Crippen LogP contribution in [0.15, 0.2) is 24.3 Å². The quantitative estimate of drug-likeness (QED) is 0.765. The molecule has 5 aliphatic rings. The maximum absolute atomic E-state index is 2.74. The molecule has 0 amide bonds. The minimum absolute atomic E-state index is 0.459. The maximum Gasteiger partial charge on any atom is 0.0606 e. The molecule has 0 aromatic heterocycles. The van der Waals surface area contributed by atoms with Gasteiger partial charge in [0.25, 0.3) is 0 Å². The molecule has 0 radical (unpaired) electrons. The zero-order valence-corrected chi connectivity index (χ0v) is 15.2. The zero-order chi connectivity index (χ0) is 16.1. The van der Waals surface area contributed by atoms with E-state index in [9.17, 15) is 0 Å². The van der Waals surface area contributed by atoms with Gasteiger partial charge in [-0.1, -0.05) is 12.1 Å². The third-order valence-corrected chi connectivity index (χ3v) is 7.66. The first-order chi connectivity index (χ1) is 11.7. The van der Waals surface area contributed by atoms with Gasteiger partial charge in [0.1, 0.15) is 0 Å². The maximum atomic E-state index is 2.74. The summed E-state index contributed by atoms with van der Waals surface area (Å²) in [4.78, 5) is 5.39. The predicted octanol–water partition coefficient (Wildman–Crippen LogP) is 5.08. The topological polar surface area (TPSA) is 6.48 Å². The normalized spacial score (nSPS) is 37.7. The second kappa shape index (κ2) is 5.68. The van der Waals surface area contributed by atoms with Crippen molar-refractivity contribution in [2.24, 2.45) is 17.8 Å². The molecular weight excluding hydrogens is 292 g/mol. The van der Waals surface area contributed by atoms with E-state index in [4.69, 9.17) is 0 Å². The Morgan fingerprint density at radius 2 is 1.46 bits per heavy atom. The summed E-state index contributed by atoms with van der Waals surface area (Å²) in [6.45, 7) is 2.48. The Bertz CT molecular complexity index is 566. The Morgan fingerprint density at radius 1 is 0.875 bits per heavy atom. The summed E-state index contributed by atoms with van der Waals surface area (Å²) >= 11 is 0. The summed E-state index contributed by atoms with van der Waals surface area (Å²) in [7, 11) is 2.41. The lowest BCUT2D eigenvalue weighted by atomic mass is 9.52. The molecule has 130 valence electrons. The van der Waals surface area contributed by atoms with Gasteiger partial charge in [-0.3, -0.25) is 0 Å². The van der Waals surface area contributed by atoms with Crippen LogP contribution in [0, 0.1) is 17.8 Å². The summed E-state index contributed by atoms with van der Waals surface area (Å²) in [5, 5.41) is 0. The molecule has 4 bridgehead atoms. The number of para-hydroxylation sites is 2. The monoisotopic (exact) mass is 324 g/mol. The molecule has 1 heterocycles. The molecule has 0 atom stereocenters. The molecule has 1 aromatic rings. The van der Waals surface area contributed by atoms with Crippen LogP contribution < -0.4 is 9.80 Å². The van der Waals surface area contributed by atoms with Gasteiger partial charge in [0.15, 0.2) is 0 Å². The van der Waals surface area contributed by atoms with Crippen molar-refractivity contribution < 1.29 is 0 Å². The third kappa shape index (κ3) is 2.36. The van der Waals surface area contributed by atoms with Crippen LogP contribution in [0.2, 0.25) is 0 Å². The molecule has 1 aliphatic heterocycles. The van der Waals surface area contributed by atoms with E-state index in [1.165, 1.54) is 82.3 Å². The van der Waals surface area contributed by atoms with Crippen molar-refractivity contribution in [2.75, 3.05) is 29.9 Å². The van der Waals surface area contributed by atoms with E-state index in [1.54, 1.807) is 0 Å². The van der Waals surface area contributed by atoms with Crippen molar-refractivity contribution in [2.45, 2.75) is 63.3 Å². The summed E-state index contributed by atoms with van der Waals surface area (Å²) in [6, 6.07) is 9.25. The molecule has 2 heteroatoms. The summed E-state index contributed by atoms with van der Waals surface area (Å²) < 4.78 is 0. The minimum Gasteiger partial charge on any atom is -0.370 e. The average Bonchev–Trinajstić information content (AvgIpc) is 2.61. The lowest BCUT2D eigenvalue weighted by Gasteiger charge is -2.60. The molecule has 0 unspecified atom stereocenters. The molecule has 0 spiro atoms. The average molecular weight is 325 g/mol. The third-order valence-electron chi connectivity index (χ3n) is 7.66. The van der Waals surface area contributed by atoms with Crippen LogP contribution in [0.4, 0.5) is 11.4 Å². The highest BCUT2D eigenvalue weighted by molar-refractivity contribution is 5.72. The number of benzene rings is 1. The van der Waals surface area contributed by atoms with Crippen molar-refractivity contribution in [1.82, 2.24) is 0 Å². The van der Waals surface area contributed by atoms with Crippen molar-refractivity contribution >= 4 is 11.4 Å². The summed E-state index contributed by atoms with van der Waals surface area (Å²) in [5.74, 6) is 3.04. The molecule has 6 rings (SSSR count). The second-order valence-corrected chi connectivity index (χ2v) is 9.24. The standard InChI is InChI=1S/C22H32N2/c1-23(22-14-17-11-18(15-22)13-19(12-17)16-22)20-7-3-4-8-21(20)24-9-5-2-6-10-24/h3-4,7-8,17-19H,2,5-6,9-16H2,1H3. The number of hydrogen-bond acceptors (Lipinski definition) is 2. The second-order valence-electron chi connectivity index (χ2n) is 9.24. The van der Waals surface area contributed by atoms with Gasteiger partial charge in [-0.15, -0.1) is 0 Å². The Hall–Kier alpha value is -1.18. The van der Waals surface area contributed by atoms with E-state index in [1.807, 2.05) is 0 Å². The highest BCUT2D eigenvalue weighted by Gasteiger charge is 2.53. The van der Waals surface area contributed by atoms with Crippen molar-refractivity contribution in [3.63, 3.8) is 0 Å². The Balaban J connectivity index is 1.48. The number of nitrogens with zero attached hydrogens (tertiary/aromatic N) is 2. The summed E-state index contributed by atoms with van der Waals surface area (Å²) in [5.41, 5.74) is 3.46. The van der Waals surface area contributed by atoms with Gasteiger partial charge in [0.05, 0.1) is 11.4 Å².